The van der Waals surface area contributed by atoms with Gasteiger partial charge in [-0.15, -0.1) is 0 Å². The van der Waals surface area contributed by atoms with Crippen LogP contribution in [0, 0.1) is 0 Å². The first kappa shape index (κ1) is 51.6. The van der Waals surface area contributed by atoms with E-state index in [1.54, 1.807) is 0 Å². The fourth-order valence-corrected chi connectivity index (χ4v) is 0. The Hall–Kier alpha value is 3.90. The van der Waals surface area contributed by atoms with Gasteiger partial charge in [-0.3, -0.25) is 0 Å². The molecule has 0 aromatic heterocycles. The van der Waals surface area contributed by atoms with E-state index in [2.05, 4.69) is 0 Å². The molecule has 0 bridgehead atoms. The summed E-state index contributed by atoms with van der Waals surface area (Å²) in [6.07, 6.45) is 0. The summed E-state index contributed by atoms with van der Waals surface area (Å²) in [5.41, 5.74) is 0. The molecule has 0 unspecified atom stereocenters. The van der Waals surface area contributed by atoms with E-state index < -0.39 is 0 Å². The van der Waals surface area contributed by atoms with Crippen molar-refractivity contribution in [2.45, 2.75) is 0 Å². The minimum atomic E-state index is 0. The van der Waals surface area contributed by atoms with Crippen LogP contribution in [0.15, 0.2) is 0 Å². The first-order chi connectivity index (χ1) is 0. The van der Waals surface area contributed by atoms with Gasteiger partial charge in [-0.1, -0.05) is 0 Å². The van der Waals surface area contributed by atoms with Crippen molar-refractivity contribution in [3.05, 3.63) is 0 Å². The molecule has 6 heavy (non-hydrogen) atoms. The first-order valence-corrected chi connectivity index (χ1v) is 0. The molecule has 0 aliphatic heterocycles. The average Bonchev–Trinajstić information content (AvgIpc) is 0. The Bertz CT molecular complexity index is 22.0. The van der Waals surface area contributed by atoms with Gasteiger partial charge in [0.05, 0.1) is 0 Å². The summed E-state index contributed by atoms with van der Waals surface area (Å²) < 4.78 is 0. The van der Waals surface area contributed by atoms with Gasteiger partial charge < -0.3 is 2.85 Å². The van der Waals surface area contributed by atoms with Gasteiger partial charge >= 0.3 is 47.5 Å². The van der Waals surface area contributed by atoms with E-state index in [0.29, 0.717) is 0 Å². The van der Waals surface area contributed by atoms with Crippen LogP contribution in [0.1, 0.15) is 2.85 Å². The van der Waals surface area contributed by atoms with Crippen LogP contribution in [0.4, 0.5) is 0 Å². The third-order valence-electron chi connectivity index (χ3n) is 0. The average molecular weight is 393 g/mol. The number of rotatable bonds is 0. The van der Waals surface area contributed by atoms with Crippen molar-refractivity contribution in [1.29, 1.82) is 0 Å². The zero-order valence-electron chi connectivity index (χ0n) is 4.52. The van der Waals surface area contributed by atoms with E-state index in [-0.39, 0.29) is 124 Å². The Morgan fingerprint density at radius 1 is 1.17 bits per heavy atom. The molecule has 0 aliphatic carbocycles. The molecular weight excluding hydrogens is 385 g/mol. The van der Waals surface area contributed by atoms with Crippen molar-refractivity contribution in [1.82, 2.24) is 0 Å². The summed E-state index contributed by atoms with van der Waals surface area (Å²) in [5.74, 6) is 0. The predicted molar refractivity (Wildman–Crippen MR) is 27.9 cm³/mol. The standard InChI is InChI=1S/Al.Cu.Fe.Mg.Nb.Sb.8H/q;;;+2;;;;;;;;;2*-1. The van der Waals surface area contributed by atoms with Gasteiger partial charge in [0, 0.05) is 56.5 Å². The topological polar surface area (TPSA) is 0 Å². The molecular formula is H8AlCuFeMgNbSb. The SMILES string of the molecule is [AlH3].[Cu].[Fe].[H-].[H-].[Mg+2].[Nb].[SbH3]. The second-order valence-corrected chi connectivity index (χ2v) is 0. The van der Waals surface area contributed by atoms with Crippen LogP contribution in [0.2, 0.25) is 0 Å². The fourth-order valence-electron chi connectivity index (χ4n) is 0. The fraction of sp³-hybridized carbons (Fsp3) is 0. The van der Waals surface area contributed by atoms with Crippen LogP contribution in [-0.4, -0.2) is 64.8 Å². The van der Waals surface area contributed by atoms with Gasteiger partial charge in [-0.05, 0) is 0 Å². The third-order valence-corrected chi connectivity index (χ3v) is 0. The predicted octanol–water partition coefficient (Wildman–Crippen LogP) is -2.53. The normalized spacial score (nSPS) is 0. The molecule has 0 aromatic rings. The maximum absolute atomic E-state index is 0. The molecule has 0 aliphatic rings. The third kappa shape index (κ3) is 24.7. The molecule has 0 rings (SSSR count). The Labute approximate surface area is 122 Å². The summed E-state index contributed by atoms with van der Waals surface area (Å²) in [7, 11) is 0. The van der Waals surface area contributed by atoms with Crippen molar-refractivity contribution >= 4 is 64.8 Å². The summed E-state index contributed by atoms with van der Waals surface area (Å²) in [6, 6.07) is 0. The summed E-state index contributed by atoms with van der Waals surface area (Å²) >= 11 is 0. The number of hydrogen-bond acceptors (Lipinski definition) is 0. The van der Waals surface area contributed by atoms with Crippen LogP contribution < -0.4 is 0 Å². The van der Waals surface area contributed by atoms with Crippen molar-refractivity contribution in [2.75, 3.05) is 0 Å². The molecule has 0 saturated heterocycles. The molecule has 6 heteroatoms. The Morgan fingerprint density at radius 3 is 1.17 bits per heavy atom. The van der Waals surface area contributed by atoms with Gasteiger partial charge in [0.25, 0.3) is 0 Å². The zero-order valence-corrected chi connectivity index (χ0v) is 12.2. The van der Waals surface area contributed by atoms with Crippen LogP contribution in [-0.2, 0) is 56.5 Å². The number of hydrogen-bond donors (Lipinski definition) is 0. The van der Waals surface area contributed by atoms with Gasteiger partial charge in [-0.2, -0.15) is 0 Å². The second-order valence-electron chi connectivity index (χ2n) is 0. The zero-order chi connectivity index (χ0) is 0. The summed E-state index contributed by atoms with van der Waals surface area (Å²) in [4.78, 5) is 0. The van der Waals surface area contributed by atoms with Crippen LogP contribution in [0.5, 0.6) is 0 Å². The molecule has 0 heterocycles. The van der Waals surface area contributed by atoms with Gasteiger partial charge in [0.15, 0.2) is 17.4 Å². The molecule has 0 N–H and O–H groups in total. The molecule has 0 atom stereocenters. The van der Waals surface area contributed by atoms with E-state index in [1.165, 1.54) is 0 Å². The summed E-state index contributed by atoms with van der Waals surface area (Å²) in [6.45, 7) is 0. The Balaban J connectivity index is 0. The molecule has 0 aromatic carbocycles. The molecule has 0 amide bonds. The van der Waals surface area contributed by atoms with Gasteiger partial charge in [0.1, 0.15) is 0 Å². The monoisotopic (exact) mass is 392 g/mol. The summed E-state index contributed by atoms with van der Waals surface area (Å²) in [5, 5.41) is 0. The molecule has 0 spiro atoms. The van der Waals surface area contributed by atoms with E-state index >= 15 is 0 Å². The molecule has 42 valence electrons. The van der Waals surface area contributed by atoms with Crippen molar-refractivity contribution in [3.8, 4) is 0 Å². The van der Waals surface area contributed by atoms with E-state index in [1.807, 2.05) is 0 Å². The molecule has 0 fully saturated rings. The van der Waals surface area contributed by atoms with E-state index in [4.69, 9.17) is 0 Å². The van der Waals surface area contributed by atoms with Gasteiger partial charge in [0.2, 0.25) is 0 Å². The Kier molecular flexibility index (Phi) is 314. The quantitative estimate of drug-likeness (QED) is 0.399. The molecule has 2 radical (unpaired) electrons. The van der Waals surface area contributed by atoms with Crippen molar-refractivity contribution in [3.63, 3.8) is 0 Å². The first-order valence-electron chi connectivity index (χ1n) is 0. The van der Waals surface area contributed by atoms with Gasteiger partial charge in [-0.25, -0.2) is 0 Å². The van der Waals surface area contributed by atoms with Crippen molar-refractivity contribution < 1.29 is 59.4 Å². The van der Waals surface area contributed by atoms with Crippen LogP contribution in [0.3, 0.4) is 0 Å². The minimum absolute atomic E-state index is 0. The van der Waals surface area contributed by atoms with E-state index in [9.17, 15) is 0 Å². The maximum atomic E-state index is 0. The van der Waals surface area contributed by atoms with Crippen LogP contribution in [0.25, 0.3) is 0 Å². The van der Waals surface area contributed by atoms with Crippen LogP contribution >= 0.6 is 0 Å². The van der Waals surface area contributed by atoms with Crippen molar-refractivity contribution in [2.24, 2.45) is 0 Å². The Morgan fingerprint density at radius 2 is 1.17 bits per heavy atom. The molecule has 0 saturated carbocycles. The second kappa shape index (κ2) is 36.5. The molecule has 0 nitrogen and oxygen atoms in total. The van der Waals surface area contributed by atoms with E-state index in [0.717, 1.165) is 0 Å².